The number of rotatable bonds is 6. The standard InChI is InChI=1S/C19H20N4O6/c1-4-29-16-9-13(8-15(17(16)24)23(27)28)10-20-22-19(26)18(25)21-14-6-5-11(2)12(3)7-14/h5-10,24H,4H2,1-3H3,(H,21,25)(H,22,26)/b20-10-. The quantitative estimate of drug-likeness (QED) is 0.294. The maximum atomic E-state index is 11.9. The van der Waals surface area contributed by atoms with E-state index in [0.717, 1.165) is 23.4 Å². The maximum absolute atomic E-state index is 11.9. The Kier molecular flexibility index (Phi) is 6.85. The van der Waals surface area contributed by atoms with Crippen LogP contribution < -0.4 is 15.5 Å². The van der Waals surface area contributed by atoms with E-state index >= 15 is 0 Å². The minimum absolute atomic E-state index is 0.0954. The van der Waals surface area contributed by atoms with Crippen LogP contribution in [-0.2, 0) is 9.59 Å². The molecule has 0 atom stereocenters. The zero-order valence-electron chi connectivity index (χ0n) is 16.1. The molecule has 0 saturated heterocycles. The molecule has 152 valence electrons. The number of hydrazone groups is 1. The largest absolute Gasteiger partial charge is 0.500 e. The number of amides is 2. The van der Waals surface area contributed by atoms with Gasteiger partial charge < -0.3 is 15.2 Å². The number of phenolic OH excluding ortho intramolecular Hbond substituents is 1. The lowest BCUT2D eigenvalue weighted by Crippen LogP contribution is -2.32. The van der Waals surface area contributed by atoms with Crippen LogP contribution in [0.25, 0.3) is 0 Å². The van der Waals surface area contributed by atoms with Crippen molar-refractivity contribution >= 4 is 29.4 Å². The Morgan fingerprint density at radius 2 is 1.93 bits per heavy atom. The number of ether oxygens (including phenoxy) is 1. The monoisotopic (exact) mass is 400 g/mol. The summed E-state index contributed by atoms with van der Waals surface area (Å²) in [5, 5.41) is 27.0. The minimum atomic E-state index is -1.02. The summed E-state index contributed by atoms with van der Waals surface area (Å²) < 4.78 is 5.15. The second-order valence-corrected chi connectivity index (χ2v) is 6.03. The number of aryl methyl sites for hydroxylation is 2. The van der Waals surface area contributed by atoms with E-state index in [-0.39, 0.29) is 17.9 Å². The van der Waals surface area contributed by atoms with Gasteiger partial charge in [-0.15, -0.1) is 0 Å². The summed E-state index contributed by atoms with van der Waals surface area (Å²) >= 11 is 0. The smallest absolute Gasteiger partial charge is 0.329 e. The van der Waals surface area contributed by atoms with Crippen molar-refractivity contribution in [2.45, 2.75) is 20.8 Å². The van der Waals surface area contributed by atoms with Gasteiger partial charge in [0.05, 0.1) is 17.7 Å². The highest BCUT2D eigenvalue weighted by Gasteiger charge is 2.20. The molecule has 2 amide bonds. The van der Waals surface area contributed by atoms with Gasteiger partial charge in [-0.05, 0) is 50.1 Å². The zero-order chi connectivity index (χ0) is 21.6. The van der Waals surface area contributed by atoms with Gasteiger partial charge in [-0.25, -0.2) is 5.43 Å². The third-order valence-electron chi connectivity index (χ3n) is 3.92. The predicted octanol–water partition coefficient (Wildman–Crippen LogP) is 2.40. The molecule has 0 heterocycles. The van der Waals surface area contributed by atoms with Crippen LogP contribution in [0.1, 0.15) is 23.6 Å². The summed E-state index contributed by atoms with van der Waals surface area (Å²) in [6.07, 6.45) is 1.09. The number of hydrogen-bond donors (Lipinski definition) is 3. The molecule has 0 saturated carbocycles. The molecule has 10 nitrogen and oxygen atoms in total. The Balaban J connectivity index is 2.08. The van der Waals surface area contributed by atoms with Gasteiger partial charge in [0, 0.05) is 17.3 Å². The number of nitro benzene ring substituents is 1. The van der Waals surface area contributed by atoms with Gasteiger partial charge in [0.2, 0.25) is 5.75 Å². The number of nitrogens with one attached hydrogen (secondary N) is 2. The van der Waals surface area contributed by atoms with E-state index in [1.54, 1.807) is 19.1 Å². The molecular weight excluding hydrogens is 380 g/mol. The highest BCUT2D eigenvalue weighted by molar-refractivity contribution is 6.39. The number of aromatic hydroxyl groups is 1. The van der Waals surface area contributed by atoms with Gasteiger partial charge in [-0.2, -0.15) is 5.10 Å². The fourth-order valence-electron chi connectivity index (χ4n) is 2.32. The molecule has 0 bridgehead atoms. The van der Waals surface area contributed by atoms with Crippen molar-refractivity contribution in [3.63, 3.8) is 0 Å². The molecule has 2 aromatic rings. The lowest BCUT2D eigenvalue weighted by molar-refractivity contribution is -0.386. The number of anilines is 1. The fourth-order valence-corrected chi connectivity index (χ4v) is 2.32. The Bertz CT molecular complexity index is 987. The lowest BCUT2D eigenvalue weighted by atomic mass is 10.1. The van der Waals surface area contributed by atoms with Crippen LogP contribution in [0.5, 0.6) is 11.5 Å². The first kappa shape index (κ1) is 21.4. The number of nitrogens with zero attached hydrogens (tertiary/aromatic N) is 2. The minimum Gasteiger partial charge on any atom is -0.500 e. The van der Waals surface area contributed by atoms with Gasteiger partial charge in [-0.1, -0.05) is 6.07 Å². The van der Waals surface area contributed by atoms with E-state index in [1.807, 2.05) is 25.3 Å². The van der Waals surface area contributed by atoms with Crippen LogP contribution in [0.15, 0.2) is 35.4 Å². The first-order chi connectivity index (χ1) is 13.7. The number of nitro groups is 1. The number of carbonyl (C=O) groups excluding carboxylic acids is 2. The third-order valence-corrected chi connectivity index (χ3v) is 3.92. The van der Waals surface area contributed by atoms with Gasteiger partial charge in [0.15, 0.2) is 5.75 Å². The van der Waals surface area contributed by atoms with Crippen molar-refractivity contribution in [1.82, 2.24) is 5.43 Å². The highest BCUT2D eigenvalue weighted by Crippen LogP contribution is 2.36. The predicted molar refractivity (Wildman–Crippen MR) is 106 cm³/mol. The number of phenols is 1. The molecule has 0 aliphatic carbocycles. The van der Waals surface area contributed by atoms with Crippen LogP contribution in [0, 0.1) is 24.0 Å². The molecule has 0 unspecified atom stereocenters. The summed E-state index contributed by atoms with van der Waals surface area (Å²) in [5.41, 5.74) is 4.12. The average Bonchev–Trinajstić information content (AvgIpc) is 2.66. The van der Waals surface area contributed by atoms with Crippen LogP contribution in [0.2, 0.25) is 0 Å². The van der Waals surface area contributed by atoms with E-state index in [1.165, 1.54) is 6.07 Å². The van der Waals surface area contributed by atoms with Crippen molar-refractivity contribution in [2.24, 2.45) is 5.10 Å². The average molecular weight is 400 g/mol. The van der Waals surface area contributed by atoms with Crippen LogP contribution >= 0.6 is 0 Å². The molecule has 0 aliphatic heterocycles. The van der Waals surface area contributed by atoms with Crippen molar-refractivity contribution in [3.05, 3.63) is 57.1 Å². The van der Waals surface area contributed by atoms with E-state index in [0.29, 0.717) is 5.69 Å². The molecule has 2 aromatic carbocycles. The summed E-state index contributed by atoms with van der Waals surface area (Å²) in [6.45, 7) is 5.64. The molecular formula is C19H20N4O6. The first-order valence-corrected chi connectivity index (χ1v) is 8.58. The summed E-state index contributed by atoms with van der Waals surface area (Å²) in [6, 6.07) is 7.59. The van der Waals surface area contributed by atoms with Crippen molar-refractivity contribution in [2.75, 3.05) is 11.9 Å². The number of benzene rings is 2. The van der Waals surface area contributed by atoms with Crippen molar-refractivity contribution < 1.29 is 24.4 Å². The molecule has 10 heteroatoms. The Labute approximate surface area is 166 Å². The molecule has 0 fully saturated rings. The van der Waals surface area contributed by atoms with Crippen molar-refractivity contribution in [1.29, 1.82) is 0 Å². The summed E-state index contributed by atoms with van der Waals surface area (Å²) in [4.78, 5) is 34.1. The third kappa shape index (κ3) is 5.51. The fraction of sp³-hybridized carbons (Fsp3) is 0.211. The molecule has 0 spiro atoms. The Morgan fingerprint density at radius 3 is 2.55 bits per heavy atom. The van der Waals surface area contributed by atoms with E-state index in [2.05, 4.69) is 10.4 Å². The van der Waals surface area contributed by atoms with Crippen molar-refractivity contribution in [3.8, 4) is 11.5 Å². The Morgan fingerprint density at radius 1 is 1.21 bits per heavy atom. The molecule has 0 aromatic heterocycles. The second kappa shape index (κ2) is 9.31. The molecule has 29 heavy (non-hydrogen) atoms. The number of hydrogen-bond acceptors (Lipinski definition) is 7. The second-order valence-electron chi connectivity index (χ2n) is 6.03. The van der Waals surface area contributed by atoms with Crippen LogP contribution in [0.3, 0.4) is 0 Å². The highest BCUT2D eigenvalue weighted by atomic mass is 16.6. The Hall–Kier alpha value is -3.95. The lowest BCUT2D eigenvalue weighted by Gasteiger charge is -2.07. The molecule has 0 radical (unpaired) electrons. The molecule has 3 N–H and O–H groups in total. The van der Waals surface area contributed by atoms with Gasteiger partial charge >= 0.3 is 17.5 Å². The van der Waals surface area contributed by atoms with Gasteiger partial charge in [0.25, 0.3) is 0 Å². The van der Waals surface area contributed by atoms with E-state index in [4.69, 9.17) is 4.74 Å². The van der Waals surface area contributed by atoms with E-state index in [9.17, 15) is 24.8 Å². The summed E-state index contributed by atoms with van der Waals surface area (Å²) in [7, 11) is 0. The number of carbonyl (C=O) groups is 2. The normalized spacial score (nSPS) is 10.6. The zero-order valence-corrected chi connectivity index (χ0v) is 16.1. The molecule has 0 aliphatic rings. The van der Waals surface area contributed by atoms with Crippen LogP contribution in [-0.4, -0.2) is 34.7 Å². The molecule has 2 rings (SSSR count). The summed E-state index contributed by atoms with van der Waals surface area (Å²) in [5.74, 6) is -2.64. The van der Waals surface area contributed by atoms with E-state index < -0.39 is 28.2 Å². The van der Waals surface area contributed by atoms with Gasteiger partial charge in [0.1, 0.15) is 0 Å². The maximum Gasteiger partial charge on any atom is 0.329 e. The van der Waals surface area contributed by atoms with Gasteiger partial charge in [-0.3, -0.25) is 19.7 Å². The topological polar surface area (TPSA) is 143 Å². The van der Waals surface area contributed by atoms with Crippen LogP contribution in [0.4, 0.5) is 11.4 Å². The SMILES string of the molecule is CCOc1cc(/C=N\NC(=O)C(=O)Nc2ccc(C)c(C)c2)cc([N+](=O)[O-])c1O. The first-order valence-electron chi connectivity index (χ1n) is 8.58.